The average Bonchev–Trinajstić information content (AvgIpc) is 3.38. The largest absolute Gasteiger partial charge is 0.459 e. The van der Waals surface area contributed by atoms with Crippen LogP contribution >= 0.6 is 12.2 Å². The third kappa shape index (κ3) is 4.08. The Balaban J connectivity index is 1.54. The van der Waals surface area contributed by atoms with Crippen molar-refractivity contribution in [2.45, 2.75) is 26.7 Å². The van der Waals surface area contributed by atoms with Crippen LogP contribution in [0.15, 0.2) is 59.2 Å². The van der Waals surface area contributed by atoms with Crippen LogP contribution in [0.2, 0.25) is 0 Å². The Kier molecular flexibility index (Phi) is 5.33. The average molecular weight is 420 g/mol. The fourth-order valence-corrected chi connectivity index (χ4v) is 3.24. The van der Waals surface area contributed by atoms with Crippen LogP contribution < -0.4 is 10.6 Å². The van der Waals surface area contributed by atoms with E-state index in [1.165, 1.54) is 11.8 Å². The SMILES string of the molecule is Cc1cc2nn(-c3ccc(C(C)C)cc3)nc2cc1NC(=S)NC(=O)c1ccco1. The number of aromatic nitrogens is 3. The Bertz CT molecular complexity index is 1210. The summed E-state index contributed by atoms with van der Waals surface area (Å²) in [5.74, 6) is 0.252. The number of benzene rings is 2. The molecule has 0 atom stereocenters. The van der Waals surface area contributed by atoms with Crippen molar-refractivity contribution >= 4 is 40.0 Å². The molecule has 2 aromatic carbocycles. The lowest BCUT2D eigenvalue weighted by Gasteiger charge is -2.10. The van der Waals surface area contributed by atoms with E-state index in [1.54, 1.807) is 16.9 Å². The number of aryl methyl sites for hydroxylation is 1. The van der Waals surface area contributed by atoms with E-state index >= 15 is 0 Å². The molecule has 0 aliphatic rings. The Morgan fingerprint density at radius 1 is 1.10 bits per heavy atom. The molecule has 0 fully saturated rings. The van der Waals surface area contributed by atoms with Crippen molar-refractivity contribution in [3.05, 3.63) is 71.7 Å². The minimum Gasteiger partial charge on any atom is -0.459 e. The Labute approximate surface area is 179 Å². The summed E-state index contributed by atoms with van der Waals surface area (Å²) in [7, 11) is 0. The van der Waals surface area contributed by atoms with Crippen molar-refractivity contribution in [2.75, 3.05) is 5.32 Å². The summed E-state index contributed by atoms with van der Waals surface area (Å²) in [5.41, 5.74) is 5.33. The summed E-state index contributed by atoms with van der Waals surface area (Å²) in [6.07, 6.45) is 1.43. The van der Waals surface area contributed by atoms with E-state index in [0.29, 0.717) is 5.92 Å². The van der Waals surface area contributed by atoms with Gasteiger partial charge in [0.05, 0.1) is 12.0 Å². The minimum atomic E-state index is -0.410. The summed E-state index contributed by atoms with van der Waals surface area (Å²) >= 11 is 5.26. The van der Waals surface area contributed by atoms with Gasteiger partial charge >= 0.3 is 0 Å². The second-order valence-corrected chi connectivity index (χ2v) is 7.69. The molecule has 0 saturated heterocycles. The number of nitrogens with one attached hydrogen (secondary N) is 2. The molecular formula is C22H21N5O2S. The Hall–Kier alpha value is -3.52. The quantitative estimate of drug-likeness (QED) is 0.471. The monoisotopic (exact) mass is 419 g/mol. The van der Waals surface area contributed by atoms with E-state index in [2.05, 4.69) is 46.8 Å². The van der Waals surface area contributed by atoms with Gasteiger partial charge in [-0.1, -0.05) is 26.0 Å². The number of hydrogen-bond acceptors (Lipinski definition) is 5. The van der Waals surface area contributed by atoms with Gasteiger partial charge in [0.15, 0.2) is 10.9 Å². The zero-order chi connectivity index (χ0) is 21.3. The van der Waals surface area contributed by atoms with Crippen LogP contribution in [0.1, 0.15) is 41.4 Å². The van der Waals surface area contributed by atoms with Crippen LogP contribution in [0.3, 0.4) is 0 Å². The van der Waals surface area contributed by atoms with E-state index in [1.807, 2.05) is 31.2 Å². The van der Waals surface area contributed by atoms with Gasteiger partial charge in [-0.15, -0.1) is 10.2 Å². The second kappa shape index (κ2) is 8.08. The number of thiocarbonyl (C=S) groups is 1. The number of carbonyl (C=O) groups is 1. The van der Waals surface area contributed by atoms with Gasteiger partial charge in [-0.3, -0.25) is 10.1 Å². The molecule has 7 nitrogen and oxygen atoms in total. The van der Waals surface area contributed by atoms with Crippen molar-refractivity contribution in [3.63, 3.8) is 0 Å². The van der Waals surface area contributed by atoms with E-state index in [9.17, 15) is 4.79 Å². The molecule has 8 heteroatoms. The number of carbonyl (C=O) groups excluding carboxylic acids is 1. The molecule has 0 aliphatic heterocycles. The lowest BCUT2D eigenvalue weighted by Crippen LogP contribution is -2.34. The highest BCUT2D eigenvalue weighted by Gasteiger charge is 2.13. The normalized spacial score (nSPS) is 11.1. The van der Waals surface area contributed by atoms with Crippen molar-refractivity contribution in [1.29, 1.82) is 0 Å². The number of hydrogen-bond donors (Lipinski definition) is 2. The molecule has 152 valence electrons. The maximum absolute atomic E-state index is 12.1. The van der Waals surface area contributed by atoms with Gasteiger partial charge in [0.25, 0.3) is 5.91 Å². The van der Waals surface area contributed by atoms with Crippen LogP contribution in [0.25, 0.3) is 16.7 Å². The van der Waals surface area contributed by atoms with E-state index < -0.39 is 5.91 Å². The van der Waals surface area contributed by atoms with Crippen LogP contribution in [0.5, 0.6) is 0 Å². The fourth-order valence-electron chi connectivity index (χ4n) is 3.04. The lowest BCUT2D eigenvalue weighted by atomic mass is 10.0. The number of furan rings is 1. The number of rotatable bonds is 4. The molecule has 4 rings (SSSR count). The minimum absolute atomic E-state index is 0.176. The third-order valence-electron chi connectivity index (χ3n) is 4.74. The van der Waals surface area contributed by atoms with Crippen LogP contribution in [0, 0.1) is 6.92 Å². The number of nitrogens with zero attached hydrogens (tertiary/aromatic N) is 3. The summed E-state index contributed by atoms with van der Waals surface area (Å²) < 4.78 is 5.07. The topological polar surface area (TPSA) is 85.0 Å². The van der Waals surface area contributed by atoms with Gasteiger partial charge < -0.3 is 9.73 Å². The van der Waals surface area contributed by atoms with Crippen LogP contribution in [-0.4, -0.2) is 26.0 Å². The van der Waals surface area contributed by atoms with Crippen molar-refractivity contribution in [3.8, 4) is 5.69 Å². The molecule has 0 saturated carbocycles. The highest BCUT2D eigenvalue weighted by atomic mass is 32.1. The molecule has 0 spiro atoms. The third-order valence-corrected chi connectivity index (χ3v) is 4.94. The van der Waals surface area contributed by atoms with E-state index in [0.717, 1.165) is 28.0 Å². The smallest absolute Gasteiger partial charge is 0.293 e. The molecular weight excluding hydrogens is 398 g/mol. The maximum atomic E-state index is 12.1. The predicted octanol–water partition coefficient (Wildman–Crippen LogP) is 4.57. The van der Waals surface area contributed by atoms with Gasteiger partial charge in [-0.2, -0.15) is 4.80 Å². The van der Waals surface area contributed by atoms with Crippen molar-refractivity contribution in [2.24, 2.45) is 0 Å². The maximum Gasteiger partial charge on any atom is 0.293 e. The number of anilines is 1. The van der Waals surface area contributed by atoms with Gasteiger partial charge in [-0.05, 0) is 72.6 Å². The zero-order valence-corrected chi connectivity index (χ0v) is 17.7. The summed E-state index contributed by atoms with van der Waals surface area (Å²) in [5, 5.41) is 15.0. The summed E-state index contributed by atoms with van der Waals surface area (Å²) in [6.45, 7) is 6.26. The molecule has 1 amide bonds. The standard InChI is InChI=1S/C22H21N5O2S/c1-13(2)15-6-8-16(9-7-15)27-25-18-11-14(3)17(12-19(18)26-27)23-22(30)24-21(28)20-5-4-10-29-20/h4-13H,1-3H3,(H2,23,24,28,30). The van der Waals surface area contributed by atoms with Gasteiger partial charge in [0, 0.05) is 5.69 Å². The zero-order valence-electron chi connectivity index (χ0n) is 16.8. The van der Waals surface area contributed by atoms with Gasteiger partial charge in [-0.25, -0.2) is 0 Å². The van der Waals surface area contributed by atoms with Crippen LogP contribution in [-0.2, 0) is 0 Å². The molecule has 30 heavy (non-hydrogen) atoms. The highest BCUT2D eigenvalue weighted by Crippen LogP contribution is 2.23. The Morgan fingerprint density at radius 3 is 2.43 bits per heavy atom. The summed E-state index contributed by atoms with van der Waals surface area (Å²) in [4.78, 5) is 13.7. The first kappa shape index (κ1) is 19.8. The molecule has 0 bridgehead atoms. The first-order valence-corrected chi connectivity index (χ1v) is 9.95. The first-order valence-electron chi connectivity index (χ1n) is 9.54. The first-order chi connectivity index (χ1) is 14.4. The van der Waals surface area contributed by atoms with Gasteiger partial charge in [0.2, 0.25) is 0 Å². The molecule has 0 aliphatic carbocycles. The van der Waals surface area contributed by atoms with Gasteiger partial charge in [0.1, 0.15) is 11.0 Å². The van der Waals surface area contributed by atoms with E-state index in [4.69, 9.17) is 16.6 Å². The molecule has 2 N–H and O–H groups in total. The van der Waals surface area contributed by atoms with Crippen LogP contribution in [0.4, 0.5) is 5.69 Å². The number of fused-ring (bicyclic) bond motifs is 1. The van der Waals surface area contributed by atoms with Crippen molar-refractivity contribution < 1.29 is 9.21 Å². The summed E-state index contributed by atoms with van der Waals surface area (Å²) in [6, 6.07) is 15.2. The Morgan fingerprint density at radius 2 is 1.80 bits per heavy atom. The number of amides is 1. The lowest BCUT2D eigenvalue weighted by molar-refractivity contribution is 0.0950. The fraction of sp³-hybridized carbons (Fsp3) is 0.182. The van der Waals surface area contributed by atoms with E-state index in [-0.39, 0.29) is 10.9 Å². The predicted molar refractivity (Wildman–Crippen MR) is 120 cm³/mol. The van der Waals surface area contributed by atoms with Crippen molar-refractivity contribution in [1.82, 2.24) is 20.3 Å². The molecule has 0 radical (unpaired) electrons. The second-order valence-electron chi connectivity index (χ2n) is 7.28. The molecule has 2 heterocycles. The molecule has 4 aromatic rings. The molecule has 0 unspecified atom stereocenters. The molecule has 2 aromatic heterocycles. The highest BCUT2D eigenvalue weighted by molar-refractivity contribution is 7.80.